The predicted octanol–water partition coefficient (Wildman–Crippen LogP) is 14.4. The number of unbranched alkanes of at least 4 members (excludes halogenated alkanes) is 30. The van der Waals surface area contributed by atoms with Gasteiger partial charge in [-0.05, 0) is 25.7 Å². The summed E-state index contributed by atoms with van der Waals surface area (Å²) in [6.45, 7) is 4.45. The molecule has 74 heavy (non-hydrogen) atoms. The first-order valence-corrected chi connectivity index (χ1v) is 32.3. The number of rotatable bonds is 56. The van der Waals surface area contributed by atoms with Crippen molar-refractivity contribution in [2.75, 3.05) is 39.6 Å². The van der Waals surface area contributed by atoms with Crippen molar-refractivity contribution >= 4 is 39.5 Å². The molecule has 0 heterocycles. The molecule has 19 heteroatoms. The van der Waals surface area contributed by atoms with Crippen LogP contribution in [0.5, 0.6) is 0 Å². The van der Waals surface area contributed by atoms with E-state index in [-0.39, 0.29) is 25.7 Å². The Kier molecular flexibility index (Phi) is 49.2. The van der Waals surface area contributed by atoms with E-state index >= 15 is 0 Å². The van der Waals surface area contributed by atoms with Crippen LogP contribution in [-0.2, 0) is 65.4 Å². The number of aliphatic hydroxyl groups is 1. The van der Waals surface area contributed by atoms with Crippen LogP contribution in [0.15, 0.2) is 0 Å². The molecule has 438 valence electrons. The number of hydrogen-bond acceptors (Lipinski definition) is 15. The minimum absolute atomic E-state index is 0.0884. The van der Waals surface area contributed by atoms with Crippen molar-refractivity contribution in [2.45, 2.75) is 290 Å². The van der Waals surface area contributed by atoms with Gasteiger partial charge >= 0.3 is 39.5 Å². The zero-order chi connectivity index (χ0) is 54.8. The van der Waals surface area contributed by atoms with Crippen molar-refractivity contribution in [3.8, 4) is 0 Å². The van der Waals surface area contributed by atoms with Gasteiger partial charge in [-0.1, -0.05) is 220 Å². The second-order valence-electron chi connectivity index (χ2n) is 20.0. The predicted molar refractivity (Wildman–Crippen MR) is 289 cm³/mol. The third kappa shape index (κ3) is 49.6. The van der Waals surface area contributed by atoms with E-state index in [1.54, 1.807) is 0 Å². The Labute approximate surface area is 447 Å². The van der Waals surface area contributed by atoms with Crippen LogP contribution in [0, 0.1) is 0 Å². The molecule has 0 saturated carbocycles. The molecule has 0 aromatic carbocycles. The summed E-state index contributed by atoms with van der Waals surface area (Å²) in [5, 5.41) is 10.4. The van der Waals surface area contributed by atoms with E-state index < -0.39 is 97.5 Å². The van der Waals surface area contributed by atoms with Gasteiger partial charge in [0.15, 0.2) is 12.2 Å². The summed E-state index contributed by atoms with van der Waals surface area (Å²) in [5.41, 5.74) is 0. The second-order valence-corrected chi connectivity index (χ2v) is 22.9. The van der Waals surface area contributed by atoms with Crippen LogP contribution in [0.25, 0.3) is 0 Å². The van der Waals surface area contributed by atoms with Gasteiger partial charge in [0.2, 0.25) is 0 Å². The maximum absolute atomic E-state index is 12.9. The van der Waals surface area contributed by atoms with E-state index in [9.17, 15) is 43.2 Å². The Hall–Kier alpha value is -1.94. The standard InChI is InChI=1S/C55H106O17P2/c1-5-9-13-15-17-19-21-23-24-26-27-29-31-33-37-40-53(58)66-46-51(72-55(60)42-38-34-32-30-28-25-22-20-18-16-14-10-6-2)48-70-74(63,64)68-44-49(56)43-67-73(61,62)69-47-50(71-54(59)41-36-12-8-4)45-65-52(57)39-35-11-7-3/h49-51,56H,5-48H2,1-4H3,(H,61,62)(H,63,64)/t49-,50+,51+/m0/s1. The van der Waals surface area contributed by atoms with E-state index in [0.717, 1.165) is 70.6 Å². The van der Waals surface area contributed by atoms with Crippen LogP contribution in [-0.4, -0.2) is 96.7 Å². The van der Waals surface area contributed by atoms with Crippen molar-refractivity contribution in [3.05, 3.63) is 0 Å². The van der Waals surface area contributed by atoms with Crippen molar-refractivity contribution in [1.29, 1.82) is 0 Å². The average Bonchev–Trinajstić information content (AvgIpc) is 3.37. The number of aliphatic hydroxyl groups excluding tert-OH is 1. The van der Waals surface area contributed by atoms with E-state index in [0.29, 0.717) is 25.7 Å². The van der Waals surface area contributed by atoms with Crippen LogP contribution >= 0.6 is 15.6 Å². The van der Waals surface area contributed by atoms with Crippen molar-refractivity contribution in [3.63, 3.8) is 0 Å². The molecule has 0 radical (unpaired) electrons. The van der Waals surface area contributed by atoms with Crippen LogP contribution in [0.2, 0.25) is 0 Å². The lowest BCUT2D eigenvalue weighted by Gasteiger charge is -2.21. The Balaban J connectivity index is 5.03. The van der Waals surface area contributed by atoms with Crippen LogP contribution in [0.3, 0.4) is 0 Å². The molecule has 0 fully saturated rings. The van der Waals surface area contributed by atoms with Crippen molar-refractivity contribution in [1.82, 2.24) is 0 Å². The first-order chi connectivity index (χ1) is 35.7. The zero-order valence-electron chi connectivity index (χ0n) is 46.8. The quantitative estimate of drug-likeness (QED) is 0.0222. The topological polar surface area (TPSA) is 237 Å². The summed E-state index contributed by atoms with van der Waals surface area (Å²) < 4.78 is 66.8. The lowest BCUT2D eigenvalue weighted by molar-refractivity contribution is -0.161. The summed E-state index contributed by atoms with van der Waals surface area (Å²) in [4.78, 5) is 70.8. The minimum atomic E-state index is -4.93. The van der Waals surface area contributed by atoms with Crippen molar-refractivity contribution < 1.29 is 80.2 Å². The number of phosphoric ester groups is 2. The molecule has 0 aliphatic heterocycles. The highest BCUT2D eigenvalue weighted by Crippen LogP contribution is 2.45. The molecule has 0 spiro atoms. The van der Waals surface area contributed by atoms with Crippen LogP contribution < -0.4 is 0 Å². The van der Waals surface area contributed by atoms with Crippen LogP contribution in [0.1, 0.15) is 272 Å². The Morgan fingerprint density at radius 2 is 0.541 bits per heavy atom. The van der Waals surface area contributed by atoms with Gasteiger partial charge in [-0.3, -0.25) is 37.3 Å². The van der Waals surface area contributed by atoms with E-state index in [4.69, 9.17) is 37.0 Å². The molecule has 0 rings (SSSR count). The highest BCUT2D eigenvalue weighted by Gasteiger charge is 2.30. The first kappa shape index (κ1) is 72.1. The normalized spacial score (nSPS) is 14.4. The maximum atomic E-state index is 12.9. The number of phosphoric acid groups is 2. The molecule has 2 unspecified atom stereocenters. The smallest absolute Gasteiger partial charge is 0.462 e. The largest absolute Gasteiger partial charge is 0.472 e. The minimum Gasteiger partial charge on any atom is -0.462 e. The Morgan fingerprint density at radius 3 is 0.824 bits per heavy atom. The SMILES string of the molecule is CCCCCCCCCCCCCCCCCC(=O)OC[C@H](COP(=O)(O)OC[C@@H](O)COP(=O)(O)OC[C@@H](COC(=O)CCCCC)OC(=O)CCCCC)OC(=O)CCCCCCCCCCCCCCC. The number of ether oxygens (including phenoxy) is 4. The fourth-order valence-electron chi connectivity index (χ4n) is 8.04. The molecule has 0 aromatic rings. The van der Waals surface area contributed by atoms with Gasteiger partial charge < -0.3 is 33.8 Å². The lowest BCUT2D eigenvalue weighted by Crippen LogP contribution is -2.30. The number of hydrogen-bond donors (Lipinski definition) is 3. The van der Waals surface area contributed by atoms with Gasteiger partial charge in [0.05, 0.1) is 26.4 Å². The fourth-order valence-corrected chi connectivity index (χ4v) is 9.62. The number of carbonyl (C=O) groups excluding carboxylic acids is 4. The van der Waals surface area contributed by atoms with Gasteiger partial charge in [-0.2, -0.15) is 0 Å². The molecular weight excluding hydrogens is 995 g/mol. The monoisotopic (exact) mass is 1100 g/mol. The first-order valence-electron chi connectivity index (χ1n) is 29.3. The van der Waals surface area contributed by atoms with Crippen LogP contribution in [0.4, 0.5) is 0 Å². The van der Waals surface area contributed by atoms with E-state index in [2.05, 4.69) is 13.8 Å². The zero-order valence-corrected chi connectivity index (χ0v) is 48.6. The summed E-state index contributed by atoms with van der Waals surface area (Å²) in [6, 6.07) is 0. The molecule has 0 aliphatic carbocycles. The molecule has 0 aliphatic rings. The van der Waals surface area contributed by atoms with E-state index in [1.165, 1.54) is 122 Å². The summed E-state index contributed by atoms with van der Waals surface area (Å²) in [7, 11) is -9.83. The molecule has 0 bridgehead atoms. The summed E-state index contributed by atoms with van der Waals surface area (Å²) >= 11 is 0. The Morgan fingerprint density at radius 1 is 0.324 bits per heavy atom. The third-order valence-corrected chi connectivity index (χ3v) is 14.5. The third-order valence-electron chi connectivity index (χ3n) is 12.6. The number of esters is 4. The summed E-state index contributed by atoms with van der Waals surface area (Å²) in [6.07, 6.45) is 33.8. The van der Waals surface area contributed by atoms with Crippen molar-refractivity contribution in [2.24, 2.45) is 0 Å². The highest BCUT2D eigenvalue weighted by molar-refractivity contribution is 7.47. The lowest BCUT2D eigenvalue weighted by atomic mass is 10.0. The fraction of sp³-hybridized carbons (Fsp3) is 0.927. The molecule has 0 saturated heterocycles. The molecule has 3 N–H and O–H groups in total. The number of carbonyl (C=O) groups is 4. The van der Waals surface area contributed by atoms with Gasteiger partial charge in [0.25, 0.3) is 0 Å². The summed E-state index contributed by atoms with van der Waals surface area (Å²) in [5.74, 6) is -2.19. The van der Waals surface area contributed by atoms with Gasteiger partial charge in [-0.25, -0.2) is 9.13 Å². The van der Waals surface area contributed by atoms with Gasteiger partial charge in [-0.15, -0.1) is 0 Å². The van der Waals surface area contributed by atoms with E-state index in [1.807, 2.05) is 13.8 Å². The second kappa shape index (κ2) is 50.6. The Bertz CT molecular complexity index is 1450. The van der Waals surface area contributed by atoms with Gasteiger partial charge in [0.1, 0.15) is 19.3 Å². The van der Waals surface area contributed by atoms with Gasteiger partial charge in [0, 0.05) is 25.7 Å². The molecule has 5 atom stereocenters. The molecular formula is C55H106O17P2. The molecule has 0 amide bonds. The molecule has 17 nitrogen and oxygen atoms in total. The highest BCUT2D eigenvalue weighted by atomic mass is 31.2. The molecule has 0 aromatic heterocycles. The maximum Gasteiger partial charge on any atom is 0.472 e. The average molecular weight is 1100 g/mol.